The van der Waals surface area contributed by atoms with Crippen molar-refractivity contribution in [1.29, 1.82) is 0 Å². The molecule has 1 atom stereocenters. The van der Waals surface area contributed by atoms with Crippen molar-refractivity contribution in [3.8, 4) is 17.2 Å². The topological polar surface area (TPSA) is 38.5 Å². The summed E-state index contributed by atoms with van der Waals surface area (Å²) >= 11 is 0. The summed E-state index contributed by atoms with van der Waals surface area (Å²) in [6, 6.07) is 4.85. The van der Waals surface area contributed by atoms with Crippen LogP contribution in [0.3, 0.4) is 0 Å². The van der Waals surface area contributed by atoms with Crippen molar-refractivity contribution in [1.82, 2.24) is 9.88 Å². The smallest absolute Gasteiger partial charge is 0.226 e. The molecule has 1 aromatic carbocycles. The molecule has 1 aliphatic heterocycles. The number of benzene rings is 1. The van der Waals surface area contributed by atoms with Crippen LogP contribution < -0.4 is 4.74 Å². The van der Waals surface area contributed by atoms with Crippen LogP contribution in [0.4, 0.5) is 0 Å². The van der Waals surface area contributed by atoms with E-state index in [1.807, 2.05) is 6.92 Å². The normalized spacial score (nSPS) is 18.5. The van der Waals surface area contributed by atoms with Gasteiger partial charge in [0.1, 0.15) is 11.5 Å². The van der Waals surface area contributed by atoms with Crippen molar-refractivity contribution < 1.29 is 9.15 Å². The molecule has 0 bridgehead atoms. The molecule has 0 saturated carbocycles. The summed E-state index contributed by atoms with van der Waals surface area (Å²) in [7, 11) is 1.71. The number of rotatable bonds is 5. The number of aryl methyl sites for hydroxylation is 3. The Kier molecular flexibility index (Phi) is 5.48. The van der Waals surface area contributed by atoms with E-state index in [1.54, 1.807) is 7.11 Å². The molecule has 136 valence electrons. The largest absolute Gasteiger partial charge is 0.496 e. The molecule has 25 heavy (non-hydrogen) atoms. The Balaban J connectivity index is 1.86. The molecular formula is C21H30N2O2. The maximum Gasteiger partial charge on any atom is 0.226 e. The lowest BCUT2D eigenvalue weighted by atomic mass is 10.00. The maximum absolute atomic E-state index is 6.04. The first-order valence-electron chi connectivity index (χ1n) is 9.39. The lowest BCUT2D eigenvalue weighted by Gasteiger charge is -2.34. The third kappa shape index (κ3) is 3.74. The van der Waals surface area contributed by atoms with E-state index in [1.165, 1.54) is 32.2 Å². The van der Waals surface area contributed by atoms with Gasteiger partial charge in [-0.1, -0.05) is 13.3 Å². The monoisotopic (exact) mass is 342 g/mol. The molecule has 1 fully saturated rings. The zero-order valence-electron chi connectivity index (χ0n) is 16.2. The van der Waals surface area contributed by atoms with Gasteiger partial charge in [-0.3, -0.25) is 4.90 Å². The van der Waals surface area contributed by atoms with Gasteiger partial charge in [0.05, 0.1) is 12.8 Å². The predicted molar refractivity (Wildman–Crippen MR) is 101 cm³/mol. The average Bonchev–Trinajstić information content (AvgIpc) is 2.97. The summed E-state index contributed by atoms with van der Waals surface area (Å²) in [5.74, 6) is 2.56. The summed E-state index contributed by atoms with van der Waals surface area (Å²) < 4.78 is 11.5. The minimum Gasteiger partial charge on any atom is -0.496 e. The Labute approximate surface area is 151 Å². The summed E-state index contributed by atoms with van der Waals surface area (Å²) in [6.07, 6.45) is 5.15. The molecule has 1 aromatic heterocycles. The highest BCUT2D eigenvalue weighted by Gasteiger charge is 2.23. The molecular weight excluding hydrogens is 312 g/mol. The number of likely N-dealkylation sites (tertiary alicyclic amines) is 1. The lowest BCUT2D eigenvalue weighted by Crippen LogP contribution is -2.38. The molecule has 0 aliphatic carbocycles. The number of methoxy groups -OCH3 is 1. The Morgan fingerprint density at radius 2 is 2.00 bits per heavy atom. The van der Waals surface area contributed by atoms with Crippen LogP contribution in [0.5, 0.6) is 5.75 Å². The molecule has 1 unspecified atom stereocenters. The number of hydrogen-bond donors (Lipinski definition) is 0. The molecule has 1 saturated heterocycles. The second-order valence-corrected chi connectivity index (χ2v) is 7.19. The Bertz CT molecular complexity index is 736. The molecule has 0 spiro atoms. The second kappa shape index (κ2) is 7.61. The number of oxazole rings is 1. The fourth-order valence-electron chi connectivity index (χ4n) is 3.85. The average molecular weight is 342 g/mol. The first-order chi connectivity index (χ1) is 12.0. The van der Waals surface area contributed by atoms with Crippen molar-refractivity contribution in [2.24, 2.45) is 0 Å². The quantitative estimate of drug-likeness (QED) is 0.763. The van der Waals surface area contributed by atoms with Crippen LogP contribution >= 0.6 is 0 Å². The SMILES string of the molecule is CCC1CCCCN1Cc1nc(-c2cc(C)c(OC)cc2C)oc1C. The van der Waals surface area contributed by atoms with E-state index in [-0.39, 0.29) is 0 Å². The number of nitrogens with zero attached hydrogens (tertiary/aromatic N) is 2. The van der Waals surface area contributed by atoms with Gasteiger partial charge in [-0.2, -0.15) is 0 Å². The molecule has 1 aliphatic rings. The molecule has 0 N–H and O–H groups in total. The van der Waals surface area contributed by atoms with E-state index in [9.17, 15) is 0 Å². The van der Waals surface area contributed by atoms with E-state index >= 15 is 0 Å². The fourth-order valence-corrected chi connectivity index (χ4v) is 3.85. The van der Waals surface area contributed by atoms with Crippen LogP contribution in [0, 0.1) is 20.8 Å². The molecule has 4 heteroatoms. The zero-order valence-corrected chi connectivity index (χ0v) is 16.2. The Morgan fingerprint density at radius 3 is 2.72 bits per heavy atom. The van der Waals surface area contributed by atoms with Crippen LogP contribution in [-0.4, -0.2) is 29.6 Å². The van der Waals surface area contributed by atoms with Crippen molar-refractivity contribution in [3.63, 3.8) is 0 Å². The van der Waals surface area contributed by atoms with Gasteiger partial charge in [-0.25, -0.2) is 4.98 Å². The first kappa shape index (κ1) is 18.0. The zero-order chi connectivity index (χ0) is 18.0. The van der Waals surface area contributed by atoms with Gasteiger partial charge in [-0.15, -0.1) is 0 Å². The van der Waals surface area contributed by atoms with Gasteiger partial charge in [0.25, 0.3) is 0 Å². The molecule has 2 aromatic rings. The van der Waals surface area contributed by atoms with Gasteiger partial charge in [-0.05, 0) is 69.8 Å². The van der Waals surface area contributed by atoms with Crippen molar-refractivity contribution in [3.05, 3.63) is 34.7 Å². The van der Waals surface area contributed by atoms with Gasteiger partial charge in [0.15, 0.2) is 0 Å². The van der Waals surface area contributed by atoms with Gasteiger partial charge >= 0.3 is 0 Å². The van der Waals surface area contributed by atoms with E-state index < -0.39 is 0 Å². The minimum atomic E-state index is 0.679. The van der Waals surface area contributed by atoms with Gasteiger partial charge in [0, 0.05) is 18.2 Å². The number of aromatic nitrogens is 1. The third-order valence-corrected chi connectivity index (χ3v) is 5.44. The minimum absolute atomic E-state index is 0.679. The van der Waals surface area contributed by atoms with E-state index in [2.05, 4.69) is 37.8 Å². The lowest BCUT2D eigenvalue weighted by molar-refractivity contribution is 0.134. The van der Waals surface area contributed by atoms with Gasteiger partial charge < -0.3 is 9.15 Å². The molecule has 4 nitrogen and oxygen atoms in total. The number of piperidine rings is 1. The van der Waals surface area contributed by atoms with E-state index in [0.717, 1.165) is 46.3 Å². The Morgan fingerprint density at radius 1 is 1.20 bits per heavy atom. The van der Waals surface area contributed by atoms with Crippen LogP contribution in [0.15, 0.2) is 16.5 Å². The summed E-state index contributed by atoms with van der Waals surface area (Å²) in [5, 5.41) is 0. The van der Waals surface area contributed by atoms with Crippen LogP contribution in [0.25, 0.3) is 11.5 Å². The van der Waals surface area contributed by atoms with Crippen molar-refractivity contribution in [2.45, 2.75) is 66.0 Å². The predicted octanol–water partition coefficient (Wildman–Crippen LogP) is 5.04. The van der Waals surface area contributed by atoms with Crippen molar-refractivity contribution in [2.75, 3.05) is 13.7 Å². The first-order valence-corrected chi connectivity index (χ1v) is 9.39. The molecule has 0 radical (unpaired) electrons. The van der Waals surface area contributed by atoms with Crippen LogP contribution in [0.1, 0.15) is 55.2 Å². The Hall–Kier alpha value is -1.81. The standard InChI is InChI=1S/C21H30N2O2/c1-6-17-9-7-8-10-23(17)13-19-16(4)25-21(22-19)18-11-15(3)20(24-5)12-14(18)2/h11-12,17H,6-10,13H2,1-5H3. The molecule has 2 heterocycles. The molecule has 3 rings (SSSR count). The highest BCUT2D eigenvalue weighted by Crippen LogP contribution is 2.31. The second-order valence-electron chi connectivity index (χ2n) is 7.19. The van der Waals surface area contributed by atoms with Crippen LogP contribution in [0.2, 0.25) is 0 Å². The maximum atomic E-state index is 6.04. The van der Waals surface area contributed by atoms with Gasteiger partial charge in [0.2, 0.25) is 5.89 Å². The number of ether oxygens (including phenoxy) is 1. The summed E-state index contributed by atoms with van der Waals surface area (Å²) in [4.78, 5) is 7.42. The third-order valence-electron chi connectivity index (χ3n) is 5.44. The van der Waals surface area contributed by atoms with E-state index in [4.69, 9.17) is 14.1 Å². The van der Waals surface area contributed by atoms with Crippen LogP contribution in [-0.2, 0) is 6.54 Å². The summed E-state index contributed by atoms with van der Waals surface area (Å²) in [6.45, 7) is 10.5. The van der Waals surface area contributed by atoms with E-state index in [0.29, 0.717) is 6.04 Å². The highest BCUT2D eigenvalue weighted by atomic mass is 16.5. The van der Waals surface area contributed by atoms with Crippen molar-refractivity contribution >= 4 is 0 Å². The number of hydrogen-bond acceptors (Lipinski definition) is 4. The fraction of sp³-hybridized carbons (Fsp3) is 0.571. The highest BCUT2D eigenvalue weighted by molar-refractivity contribution is 5.62. The summed E-state index contributed by atoms with van der Waals surface area (Å²) in [5.41, 5.74) is 4.35. The molecule has 0 amide bonds.